The number of halogens is 2. The third-order valence-electron chi connectivity index (χ3n) is 4.64. The van der Waals surface area contributed by atoms with Gasteiger partial charge in [0.1, 0.15) is 5.69 Å². The van der Waals surface area contributed by atoms with Crippen molar-refractivity contribution >= 4 is 0 Å². The van der Waals surface area contributed by atoms with E-state index in [0.29, 0.717) is 17.1 Å². The molecule has 28 heavy (non-hydrogen) atoms. The Kier molecular flexibility index (Phi) is 4.47. The van der Waals surface area contributed by atoms with Crippen LogP contribution in [0.4, 0.5) is 8.78 Å². The Bertz CT molecular complexity index is 1120. The zero-order chi connectivity index (χ0) is 19.7. The number of hydrogen-bond donors (Lipinski definition) is 0. The number of aromatic nitrogens is 3. The van der Waals surface area contributed by atoms with Gasteiger partial charge in [-0.1, -0.05) is 12.1 Å². The monoisotopic (exact) mass is 377 g/mol. The molecule has 4 aromatic rings. The molecule has 0 aliphatic heterocycles. The summed E-state index contributed by atoms with van der Waals surface area (Å²) >= 11 is 0. The van der Waals surface area contributed by atoms with Crippen LogP contribution in [0.1, 0.15) is 25.2 Å². The first-order valence-electron chi connectivity index (χ1n) is 8.76. The number of rotatable bonds is 4. The minimum Gasteiger partial charge on any atom is -0.463 e. The number of hydrogen-bond acceptors (Lipinski definition) is 4. The summed E-state index contributed by atoms with van der Waals surface area (Å²) in [6.45, 7) is 3.99. The zero-order valence-electron chi connectivity index (χ0n) is 15.4. The molecule has 0 unspecified atom stereocenters. The van der Waals surface area contributed by atoms with E-state index in [0.717, 1.165) is 17.5 Å². The Labute approximate surface area is 160 Å². The average molecular weight is 377 g/mol. The lowest BCUT2D eigenvalue weighted by Gasteiger charge is -2.24. The van der Waals surface area contributed by atoms with Gasteiger partial charge in [0, 0.05) is 5.41 Å². The molecule has 0 atom stereocenters. The number of nitrogens with zero attached hydrogens (tertiary/aromatic N) is 3. The molecule has 0 aliphatic rings. The summed E-state index contributed by atoms with van der Waals surface area (Å²) in [5.41, 5.74) is 2.21. The van der Waals surface area contributed by atoms with Gasteiger partial charge in [-0.25, -0.2) is 4.98 Å². The van der Waals surface area contributed by atoms with Crippen LogP contribution in [-0.4, -0.2) is 15.0 Å². The van der Waals surface area contributed by atoms with E-state index >= 15 is 0 Å². The summed E-state index contributed by atoms with van der Waals surface area (Å²) in [5.74, 6) is -1.07. The molecule has 0 amide bonds. The van der Waals surface area contributed by atoms with Crippen LogP contribution in [0.5, 0.6) is 0 Å². The van der Waals surface area contributed by atoms with Crippen LogP contribution in [0.3, 0.4) is 0 Å². The molecule has 4 heterocycles. The molecule has 0 saturated carbocycles. The van der Waals surface area contributed by atoms with Crippen molar-refractivity contribution < 1.29 is 13.2 Å². The Morgan fingerprint density at radius 1 is 0.750 bits per heavy atom. The first-order chi connectivity index (χ1) is 13.4. The van der Waals surface area contributed by atoms with Crippen molar-refractivity contribution in [2.75, 3.05) is 0 Å². The van der Waals surface area contributed by atoms with Crippen molar-refractivity contribution in [3.8, 4) is 22.7 Å². The topological polar surface area (TPSA) is 51.8 Å². The van der Waals surface area contributed by atoms with E-state index in [9.17, 15) is 8.78 Å². The summed E-state index contributed by atoms with van der Waals surface area (Å²) in [6.07, 6.45) is 1.60. The van der Waals surface area contributed by atoms with Crippen LogP contribution in [0.25, 0.3) is 22.7 Å². The largest absolute Gasteiger partial charge is 0.463 e. The fraction of sp³-hybridized carbons (Fsp3) is 0.136. The fourth-order valence-electron chi connectivity index (χ4n) is 3.01. The summed E-state index contributed by atoms with van der Waals surface area (Å²) in [4.78, 5) is 12.6. The molecule has 4 rings (SSSR count). The smallest absolute Gasteiger partial charge is 0.224 e. The minimum atomic E-state index is -0.889. The van der Waals surface area contributed by atoms with E-state index in [4.69, 9.17) is 9.40 Å². The molecule has 140 valence electrons. The summed E-state index contributed by atoms with van der Waals surface area (Å²) in [7, 11) is 0. The third-order valence-corrected chi connectivity index (χ3v) is 4.64. The van der Waals surface area contributed by atoms with Gasteiger partial charge in [-0.05, 0) is 62.4 Å². The predicted octanol–water partition coefficient (Wildman–Crippen LogP) is 5.40. The van der Waals surface area contributed by atoms with E-state index in [1.807, 2.05) is 50.2 Å². The highest BCUT2D eigenvalue weighted by atomic mass is 19.1. The van der Waals surface area contributed by atoms with Gasteiger partial charge >= 0.3 is 0 Å². The molecule has 4 aromatic heterocycles. The van der Waals surface area contributed by atoms with Crippen molar-refractivity contribution in [1.82, 2.24) is 15.0 Å². The van der Waals surface area contributed by atoms with Crippen LogP contribution in [0, 0.1) is 11.9 Å². The molecule has 0 aromatic carbocycles. The van der Waals surface area contributed by atoms with Crippen molar-refractivity contribution in [2.24, 2.45) is 0 Å². The van der Waals surface area contributed by atoms with Crippen LogP contribution >= 0.6 is 0 Å². The lowest BCUT2D eigenvalue weighted by molar-refractivity contribution is 0.514. The second-order valence-corrected chi connectivity index (χ2v) is 6.89. The lowest BCUT2D eigenvalue weighted by atomic mass is 9.84. The highest BCUT2D eigenvalue weighted by Crippen LogP contribution is 2.32. The van der Waals surface area contributed by atoms with Crippen molar-refractivity contribution in [1.29, 1.82) is 0 Å². The molecule has 0 saturated heterocycles. The van der Waals surface area contributed by atoms with Gasteiger partial charge in [-0.15, -0.1) is 0 Å². The molecular weight excluding hydrogens is 360 g/mol. The highest BCUT2D eigenvalue weighted by molar-refractivity contribution is 5.59. The van der Waals surface area contributed by atoms with Gasteiger partial charge < -0.3 is 4.42 Å². The standard InChI is InChI=1S/C22H17F2N3O/c1-22(2,19-10-4-7-16(26-19)17-8-5-13-28-17)18-9-3-6-15(25-18)14-11-12-20(23)27-21(14)24/h3-13H,1-2H3. The zero-order valence-corrected chi connectivity index (χ0v) is 15.4. The molecule has 0 N–H and O–H groups in total. The molecule has 0 radical (unpaired) electrons. The van der Waals surface area contributed by atoms with Gasteiger partial charge in [0.25, 0.3) is 0 Å². The second-order valence-electron chi connectivity index (χ2n) is 6.89. The molecule has 4 nitrogen and oxygen atoms in total. The Balaban J connectivity index is 1.75. The second kappa shape index (κ2) is 6.96. The first kappa shape index (κ1) is 18.0. The van der Waals surface area contributed by atoms with Crippen molar-refractivity contribution in [2.45, 2.75) is 19.3 Å². The molecule has 0 spiro atoms. The maximum Gasteiger partial charge on any atom is 0.224 e. The van der Waals surface area contributed by atoms with Crippen LogP contribution < -0.4 is 0 Å². The quantitative estimate of drug-likeness (QED) is 0.447. The Morgan fingerprint density at radius 3 is 2.07 bits per heavy atom. The molecule has 6 heteroatoms. The summed E-state index contributed by atoms with van der Waals surface area (Å²) in [5, 5.41) is 0. The van der Waals surface area contributed by atoms with Crippen molar-refractivity contribution in [3.05, 3.63) is 90.2 Å². The van der Waals surface area contributed by atoms with Gasteiger partial charge in [-0.3, -0.25) is 4.98 Å². The Morgan fingerprint density at radius 2 is 1.43 bits per heavy atom. The van der Waals surface area contributed by atoms with E-state index in [2.05, 4.69) is 9.97 Å². The molecule has 0 aliphatic carbocycles. The normalized spacial score (nSPS) is 11.6. The van der Waals surface area contributed by atoms with Crippen LogP contribution in [-0.2, 0) is 5.41 Å². The van der Waals surface area contributed by atoms with E-state index < -0.39 is 17.3 Å². The lowest BCUT2D eigenvalue weighted by Crippen LogP contribution is -2.22. The van der Waals surface area contributed by atoms with Crippen LogP contribution in [0.15, 0.2) is 71.3 Å². The van der Waals surface area contributed by atoms with E-state index in [1.165, 1.54) is 6.07 Å². The summed E-state index contributed by atoms with van der Waals surface area (Å²) < 4.78 is 32.6. The molecular formula is C22H17F2N3O. The van der Waals surface area contributed by atoms with Gasteiger partial charge in [0.15, 0.2) is 5.76 Å². The summed E-state index contributed by atoms with van der Waals surface area (Å²) in [6, 6.07) is 17.1. The van der Waals surface area contributed by atoms with Gasteiger partial charge in [0.05, 0.1) is 28.9 Å². The third kappa shape index (κ3) is 3.29. The highest BCUT2D eigenvalue weighted by Gasteiger charge is 2.27. The van der Waals surface area contributed by atoms with Gasteiger partial charge in [0.2, 0.25) is 11.9 Å². The fourth-order valence-corrected chi connectivity index (χ4v) is 3.01. The SMILES string of the molecule is CC(C)(c1cccc(-c2ccco2)n1)c1cccc(-c2ccc(F)nc2F)n1. The number of pyridine rings is 3. The maximum absolute atomic E-state index is 14.1. The van der Waals surface area contributed by atoms with E-state index in [-0.39, 0.29) is 5.56 Å². The minimum absolute atomic E-state index is 0.149. The Hall–Kier alpha value is -3.41. The average Bonchev–Trinajstić information content (AvgIpc) is 3.23. The predicted molar refractivity (Wildman–Crippen MR) is 101 cm³/mol. The number of furan rings is 1. The van der Waals surface area contributed by atoms with Crippen LogP contribution in [0.2, 0.25) is 0 Å². The maximum atomic E-state index is 14.1. The van der Waals surface area contributed by atoms with Gasteiger partial charge in [-0.2, -0.15) is 13.8 Å². The van der Waals surface area contributed by atoms with E-state index in [1.54, 1.807) is 18.4 Å². The molecule has 0 bridgehead atoms. The van der Waals surface area contributed by atoms with Crippen molar-refractivity contribution in [3.63, 3.8) is 0 Å². The molecule has 0 fully saturated rings. The first-order valence-corrected chi connectivity index (χ1v) is 8.76.